The number of nitrogens with zero attached hydrogens (tertiary/aromatic N) is 1. The molecule has 4 aromatic rings. The highest BCUT2D eigenvalue weighted by Gasteiger charge is 2.39. The molecular weight excluding hydrogens is 671 g/mol. The molecule has 1 aliphatic rings. The Kier molecular flexibility index (Phi) is 12.2. The van der Waals surface area contributed by atoms with Gasteiger partial charge in [-0.1, -0.05) is 139 Å². The first-order valence-electron chi connectivity index (χ1n) is 15.9. The Balaban J connectivity index is 1.35. The van der Waals surface area contributed by atoms with Crippen LogP contribution in [-0.4, -0.2) is 50.6 Å². The largest absolute Gasteiger partial charge is 0.392 e. The molecule has 10 heteroatoms. The number of carbonyl (C=O) groups excluding carboxylic acids is 1. The van der Waals surface area contributed by atoms with Gasteiger partial charge in [0.1, 0.15) is 0 Å². The zero-order valence-electron chi connectivity index (χ0n) is 27.1. The van der Waals surface area contributed by atoms with E-state index in [2.05, 4.69) is 17.1 Å². The second kappa shape index (κ2) is 16.2. The third-order valence-electron chi connectivity index (χ3n) is 9.04. The number of ether oxygens (including phenoxy) is 2. The van der Waals surface area contributed by atoms with E-state index in [4.69, 9.17) is 44.3 Å². The maximum Gasteiger partial charge on any atom is 0.272 e. The van der Waals surface area contributed by atoms with Crippen molar-refractivity contribution >= 4 is 40.7 Å². The number of carbonyl (C=O) groups is 1. The fourth-order valence-electron chi connectivity index (χ4n) is 5.92. The van der Waals surface area contributed by atoms with Crippen LogP contribution in [0.3, 0.4) is 0 Å². The van der Waals surface area contributed by atoms with Crippen LogP contribution < -0.4 is 5.32 Å². The van der Waals surface area contributed by atoms with Gasteiger partial charge in [0.2, 0.25) is 0 Å². The lowest BCUT2D eigenvalue weighted by Gasteiger charge is -2.43. The van der Waals surface area contributed by atoms with Crippen LogP contribution >= 0.6 is 34.8 Å². The Morgan fingerprint density at radius 2 is 1.54 bits per heavy atom. The van der Waals surface area contributed by atoms with Crippen LogP contribution in [0.2, 0.25) is 0 Å². The molecule has 5 rings (SSSR count). The number of amides is 1. The summed E-state index contributed by atoms with van der Waals surface area (Å²) in [7, 11) is 2.01. The maximum atomic E-state index is 12.0. The van der Waals surface area contributed by atoms with Crippen molar-refractivity contribution in [3.8, 4) is 11.1 Å². The van der Waals surface area contributed by atoms with Gasteiger partial charge in [-0.25, -0.2) is 0 Å². The molecule has 0 bridgehead atoms. The van der Waals surface area contributed by atoms with Crippen molar-refractivity contribution < 1.29 is 24.5 Å². The number of likely N-dealkylation sites (N-methyl/N-ethyl adjacent to an activating group) is 1. The summed E-state index contributed by atoms with van der Waals surface area (Å²) >= 11 is 17.0. The molecule has 254 valence electrons. The fraction of sp³-hybridized carbons (Fsp3) is 0.342. The van der Waals surface area contributed by atoms with E-state index in [0.29, 0.717) is 6.54 Å². The average Bonchev–Trinajstić information content (AvgIpc) is 3.11. The zero-order chi connectivity index (χ0) is 34.4. The summed E-state index contributed by atoms with van der Waals surface area (Å²) in [5.41, 5.74) is 6.40. The minimum Gasteiger partial charge on any atom is -0.392 e. The Labute approximate surface area is 297 Å². The number of hydrogen-bond acceptors (Lipinski definition) is 6. The monoisotopic (exact) mass is 710 g/mol. The summed E-state index contributed by atoms with van der Waals surface area (Å²) in [6, 6.07) is 33.2. The lowest BCUT2D eigenvalue weighted by atomic mass is 9.89. The highest BCUT2D eigenvalue weighted by Crippen LogP contribution is 2.42. The van der Waals surface area contributed by atoms with Crippen LogP contribution in [0.15, 0.2) is 103 Å². The number of aliphatic hydroxyl groups excluding tert-OH is 2. The molecule has 1 fully saturated rings. The third kappa shape index (κ3) is 8.97. The molecule has 6 unspecified atom stereocenters. The number of alkyl halides is 3. The Bertz CT molecular complexity index is 1630. The predicted molar refractivity (Wildman–Crippen MR) is 190 cm³/mol. The molecule has 0 aromatic heterocycles. The van der Waals surface area contributed by atoms with Gasteiger partial charge >= 0.3 is 0 Å². The molecule has 0 saturated carbocycles. The van der Waals surface area contributed by atoms with Crippen LogP contribution in [-0.2, 0) is 27.4 Å². The van der Waals surface area contributed by atoms with Gasteiger partial charge in [0.05, 0.1) is 24.9 Å². The van der Waals surface area contributed by atoms with Crippen molar-refractivity contribution in [1.82, 2.24) is 10.2 Å². The second-order valence-electron chi connectivity index (χ2n) is 12.4. The number of rotatable bonds is 11. The van der Waals surface area contributed by atoms with E-state index < -0.39 is 22.1 Å². The van der Waals surface area contributed by atoms with Gasteiger partial charge < -0.3 is 25.0 Å². The van der Waals surface area contributed by atoms with Gasteiger partial charge in [-0.2, -0.15) is 0 Å². The van der Waals surface area contributed by atoms with E-state index in [1.54, 1.807) is 0 Å². The van der Waals surface area contributed by atoms with Crippen molar-refractivity contribution in [2.45, 2.75) is 61.4 Å². The summed E-state index contributed by atoms with van der Waals surface area (Å²) in [6.07, 6.45) is -1.75. The number of hydrogen-bond donors (Lipinski definition) is 3. The smallest absolute Gasteiger partial charge is 0.272 e. The van der Waals surface area contributed by atoms with Crippen molar-refractivity contribution in [2.24, 2.45) is 5.92 Å². The van der Waals surface area contributed by atoms with Crippen molar-refractivity contribution in [3.63, 3.8) is 0 Å². The highest BCUT2D eigenvalue weighted by atomic mass is 35.6. The SMILES string of the molecule is CC1C(CN(C)C(C)C(O)c2ccccc2)OC(c2ccc(-c3cccc(CNC(=O)C(Cl)(Cl)Cl)c3)cc2)OC1c1ccc(CO)cc1. The molecule has 4 aromatic carbocycles. The molecule has 1 amide bonds. The molecule has 1 heterocycles. The Morgan fingerprint density at radius 1 is 0.875 bits per heavy atom. The van der Waals surface area contributed by atoms with Crippen molar-refractivity contribution in [2.75, 3.05) is 13.6 Å². The van der Waals surface area contributed by atoms with Crippen LogP contribution in [0.4, 0.5) is 0 Å². The average molecular weight is 712 g/mol. The van der Waals surface area contributed by atoms with Crippen molar-refractivity contribution in [3.05, 3.63) is 131 Å². The minimum absolute atomic E-state index is 0.00573. The van der Waals surface area contributed by atoms with E-state index in [9.17, 15) is 15.0 Å². The van der Waals surface area contributed by atoms with Crippen LogP contribution in [0, 0.1) is 5.92 Å². The molecule has 1 saturated heterocycles. The van der Waals surface area contributed by atoms with E-state index in [-0.39, 0.29) is 37.3 Å². The van der Waals surface area contributed by atoms with Crippen LogP contribution in [0.25, 0.3) is 11.1 Å². The Hall–Kier alpha value is -2.98. The Morgan fingerprint density at radius 3 is 2.19 bits per heavy atom. The fourth-order valence-corrected chi connectivity index (χ4v) is 6.12. The van der Waals surface area contributed by atoms with Gasteiger partial charge in [0, 0.05) is 30.6 Å². The number of nitrogens with one attached hydrogen (secondary N) is 1. The van der Waals surface area contributed by atoms with Gasteiger partial charge in [0.15, 0.2) is 6.29 Å². The molecular formula is C38H41Cl3N2O5. The molecule has 0 aliphatic carbocycles. The molecule has 48 heavy (non-hydrogen) atoms. The van der Waals surface area contributed by atoms with E-state index in [0.717, 1.165) is 38.9 Å². The summed E-state index contributed by atoms with van der Waals surface area (Å²) in [6.45, 7) is 4.92. The summed E-state index contributed by atoms with van der Waals surface area (Å²) < 4.78 is 11.3. The minimum atomic E-state index is -2.02. The summed E-state index contributed by atoms with van der Waals surface area (Å²) in [5, 5.41) is 23.4. The number of benzene rings is 4. The quantitative estimate of drug-likeness (QED) is 0.138. The maximum absolute atomic E-state index is 12.0. The standard InChI is InChI=1S/C38H41Cl3N2O5/c1-24-33(22-43(3)25(2)34(45)29-9-5-4-6-10-29)47-36(48-35(24)30-14-12-26(23-44)13-15-30)31-18-16-28(17-19-31)32-11-7-8-27(20-32)21-42-37(46)38(39,40)41/h4-20,24-25,33-36,44-45H,21-23H2,1-3H3,(H,42,46). The lowest BCUT2D eigenvalue weighted by molar-refractivity contribution is -0.276. The van der Waals surface area contributed by atoms with Gasteiger partial charge in [-0.05, 0) is 53.4 Å². The van der Waals surface area contributed by atoms with E-state index in [1.807, 2.05) is 117 Å². The summed E-state index contributed by atoms with van der Waals surface area (Å²) in [5.74, 6) is -0.688. The first-order valence-corrected chi connectivity index (χ1v) is 17.1. The number of aliphatic hydroxyl groups is 2. The number of halogens is 3. The van der Waals surface area contributed by atoms with Crippen molar-refractivity contribution in [1.29, 1.82) is 0 Å². The molecule has 3 N–H and O–H groups in total. The van der Waals surface area contributed by atoms with E-state index >= 15 is 0 Å². The first kappa shape index (κ1) is 36.3. The predicted octanol–water partition coefficient (Wildman–Crippen LogP) is 7.68. The van der Waals surface area contributed by atoms with Crippen LogP contribution in [0.1, 0.15) is 60.2 Å². The molecule has 6 atom stereocenters. The second-order valence-corrected chi connectivity index (χ2v) is 14.6. The molecule has 7 nitrogen and oxygen atoms in total. The van der Waals surface area contributed by atoms with Crippen LogP contribution in [0.5, 0.6) is 0 Å². The zero-order valence-corrected chi connectivity index (χ0v) is 29.4. The normalized spacial score (nSPS) is 21.1. The lowest BCUT2D eigenvalue weighted by Crippen LogP contribution is -2.46. The molecule has 1 aliphatic heterocycles. The topological polar surface area (TPSA) is 91.3 Å². The van der Waals surface area contributed by atoms with E-state index in [1.165, 1.54) is 0 Å². The molecule has 0 radical (unpaired) electrons. The van der Waals surface area contributed by atoms with Gasteiger partial charge in [0.25, 0.3) is 9.70 Å². The molecule has 0 spiro atoms. The van der Waals surface area contributed by atoms with Gasteiger partial charge in [-0.3, -0.25) is 9.69 Å². The summed E-state index contributed by atoms with van der Waals surface area (Å²) in [4.78, 5) is 14.1. The van der Waals surface area contributed by atoms with Gasteiger partial charge in [-0.15, -0.1) is 0 Å². The highest BCUT2D eigenvalue weighted by molar-refractivity contribution is 6.76. The first-order chi connectivity index (χ1) is 22.9. The third-order valence-corrected chi connectivity index (χ3v) is 9.55.